The molecule has 1 aliphatic rings. The predicted octanol–water partition coefficient (Wildman–Crippen LogP) is 2.86. The van der Waals surface area contributed by atoms with E-state index < -0.39 is 0 Å². The summed E-state index contributed by atoms with van der Waals surface area (Å²) in [5.41, 5.74) is 0. The molecule has 1 aliphatic heterocycles. The van der Waals surface area contributed by atoms with Crippen molar-refractivity contribution in [3.63, 3.8) is 0 Å². The van der Waals surface area contributed by atoms with Crippen LogP contribution < -0.4 is 15.4 Å². The van der Waals surface area contributed by atoms with Gasteiger partial charge in [-0.15, -0.1) is 0 Å². The average Bonchev–Trinajstić information content (AvgIpc) is 3.16. The Labute approximate surface area is 161 Å². The number of hydrogen-bond donors (Lipinski definition) is 2. The topological polar surface area (TPSA) is 64.1 Å². The zero-order valence-electron chi connectivity index (χ0n) is 15.7. The molecule has 0 spiro atoms. The summed E-state index contributed by atoms with van der Waals surface area (Å²) in [5.74, 6) is 1.44. The number of nitrogens with one attached hydrogen (secondary N) is 2. The van der Waals surface area contributed by atoms with E-state index >= 15 is 0 Å². The van der Waals surface area contributed by atoms with Crippen molar-refractivity contribution in [3.05, 3.63) is 29.3 Å². The molecule has 0 aromatic heterocycles. The third-order valence-electron chi connectivity index (χ3n) is 4.03. The highest BCUT2D eigenvalue weighted by Crippen LogP contribution is 2.23. The number of halogens is 1. The van der Waals surface area contributed by atoms with Gasteiger partial charge in [0.25, 0.3) is 0 Å². The average molecular weight is 384 g/mol. The van der Waals surface area contributed by atoms with Crippen molar-refractivity contribution in [2.24, 2.45) is 4.99 Å². The molecule has 1 fully saturated rings. The lowest BCUT2D eigenvalue weighted by Crippen LogP contribution is -2.42. The van der Waals surface area contributed by atoms with Crippen LogP contribution in [0.3, 0.4) is 0 Å². The molecule has 0 bridgehead atoms. The molecule has 146 valence electrons. The first kappa shape index (κ1) is 20.8. The minimum Gasteiger partial charge on any atom is -0.487 e. The van der Waals surface area contributed by atoms with Crippen LogP contribution in [0.4, 0.5) is 0 Å². The summed E-state index contributed by atoms with van der Waals surface area (Å²) in [6.45, 7) is 5.70. The van der Waals surface area contributed by atoms with Gasteiger partial charge >= 0.3 is 0 Å². The zero-order chi connectivity index (χ0) is 18.6. The fraction of sp³-hybridized carbons (Fsp3) is 0.632. The van der Waals surface area contributed by atoms with E-state index in [0.29, 0.717) is 23.9 Å². The van der Waals surface area contributed by atoms with Crippen molar-refractivity contribution in [1.82, 2.24) is 10.6 Å². The van der Waals surface area contributed by atoms with E-state index in [9.17, 15) is 0 Å². The second-order valence-electron chi connectivity index (χ2n) is 6.30. The molecule has 2 rings (SSSR count). The summed E-state index contributed by atoms with van der Waals surface area (Å²) in [6, 6.07) is 7.47. The van der Waals surface area contributed by atoms with Gasteiger partial charge in [0.2, 0.25) is 0 Å². The lowest BCUT2D eigenvalue weighted by Gasteiger charge is -2.18. The molecule has 26 heavy (non-hydrogen) atoms. The van der Waals surface area contributed by atoms with Gasteiger partial charge in [0.1, 0.15) is 11.9 Å². The molecule has 2 N–H and O–H groups in total. The molecule has 1 heterocycles. The molecule has 0 radical (unpaired) electrons. The van der Waals surface area contributed by atoms with Gasteiger partial charge in [0, 0.05) is 26.8 Å². The van der Waals surface area contributed by atoms with Crippen LogP contribution in [-0.2, 0) is 9.47 Å². The highest BCUT2D eigenvalue weighted by molar-refractivity contribution is 6.32. The Morgan fingerprint density at radius 3 is 2.96 bits per heavy atom. The predicted molar refractivity (Wildman–Crippen MR) is 105 cm³/mol. The standard InChI is InChI=1S/C19H30ClN3O3/c1-15(26-18-9-4-3-8-17(18)20)13-23-19(21-2)22-10-6-11-24-14-16-7-5-12-25-16/h3-4,8-9,15-16H,5-7,10-14H2,1-2H3,(H2,21,22,23). The number of benzene rings is 1. The van der Waals surface area contributed by atoms with Crippen molar-refractivity contribution in [2.75, 3.05) is 40.0 Å². The highest BCUT2D eigenvalue weighted by atomic mass is 35.5. The Balaban J connectivity index is 1.54. The van der Waals surface area contributed by atoms with E-state index in [2.05, 4.69) is 15.6 Å². The van der Waals surface area contributed by atoms with Crippen LogP contribution in [0, 0.1) is 0 Å². The SMILES string of the molecule is CN=C(NCCCOCC1CCCO1)NCC(C)Oc1ccccc1Cl. The highest BCUT2D eigenvalue weighted by Gasteiger charge is 2.14. The summed E-state index contributed by atoms with van der Waals surface area (Å²) in [7, 11) is 1.75. The maximum absolute atomic E-state index is 6.11. The summed E-state index contributed by atoms with van der Waals surface area (Å²) in [6.07, 6.45) is 3.43. The molecule has 6 nitrogen and oxygen atoms in total. The van der Waals surface area contributed by atoms with Crippen LogP contribution in [0.25, 0.3) is 0 Å². The number of ether oxygens (including phenoxy) is 3. The van der Waals surface area contributed by atoms with Crippen molar-refractivity contribution in [1.29, 1.82) is 0 Å². The number of guanidine groups is 1. The molecule has 2 atom stereocenters. The van der Waals surface area contributed by atoms with E-state index in [1.165, 1.54) is 0 Å². The Morgan fingerprint density at radius 2 is 2.23 bits per heavy atom. The minimum atomic E-state index is -0.0387. The lowest BCUT2D eigenvalue weighted by atomic mass is 10.2. The second kappa shape index (κ2) is 12.0. The van der Waals surface area contributed by atoms with Gasteiger partial charge in [-0.05, 0) is 38.3 Å². The van der Waals surface area contributed by atoms with Crippen LogP contribution in [0.2, 0.25) is 5.02 Å². The maximum Gasteiger partial charge on any atom is 0.191 e. The van der Waals surface area contributed by atoms with Gasteiger partial charge in [-0.3, -0.25) is 4.99 Å². The van der Waals surface area contributed by atoms with E-state index in [-0.39, 0.29) is 12.2 Å². The molecule has 0 saturated carbocycles. The third-order valence-corrected chi connectivity index (χ3v) is 4.34. The van der Waals surface area contributed by atoms with E-state index in [4.69, 9.17) is 25.8 Å². The third kappa shape index (κ3) is 7.81. The van der Waals surface area contributed by atoms with Crippen molar-refractivity contribution < 1.29 is 14.2 Å². The first-order chi connectivity index (χ1) is 12.7. The minimum absolute atomic E-state index is 0.0387. The van der Waals surface area contributed by atoms with Crippen LogP contribution in [-0.4, -0.2) is 58.1 Å². The summed E-state index contributed by atoms with van der Waals surface area (Å²) >= 11 is 6.11. The van der Waals surface area contributed by atoms with Crippen LogP contribution >= 0.6 is 11.6 Å². The van der Waals surface area contributed by atoms with Crippen LogP contribution in [0.1, 0.15) is 26.2 Å². The molecular formula is C19H30ClN3O3. The smallest absolute Gasteiger partial charge is 0.191 e. The normalized spacial score (nSPS) is 18.6. The number of rotatable bonds is 10. The fourth-order valence-electron chi connectivity index (χ4n) is 2.63. The molecule has 7 heteroatoms. The number of nitrogens with zero attached hydrogens (tertiary/aromatic N) is 1. The fourth-order valence-corrected chi connectivity index (χ4v) is 2.81. The summed E-state index contributed by atoms with van der Waals surface area (Å²) < 4.78 is 17.0. The van der Waals surface area contributed by atoms with Crippen LogP contribution in [0.15, 0.2) is 29.3 Å². The van der Waals surface area contributed by atoms with E-state index in [1.807, 2.05) is 31.2 Å². The summed E-state index contributed by atoms with van der Waals surface area (Å²) in [4.78, 5) is 4.22. The Bertz CT molecular complexity index is 551. The number of hydrogen-bond acceptors (Lipinski definition) is 4. The van der Waals surface area contributed by atoms with Crippen molar-refractivity contribution in [2.45, 2.75) is 38.4 Å². The second-order valence-corrected chi connectivity index (χ2v) is 6.71. The molecular weight excluding hydrogens is 354 g/mol. The van der Waals surface area contributed by atoms with Crippen molar-refractivity contribution >= 4 is 17.6 Å². The van der Waals surface area contributed by atoms with Crippen LogP contribution in [0.5, 0.6) is 5.75 Å². The maximum atomic E-state index is 6.11. The quantitative estimate of drug-likeness (QED) is 0.369. The van der Waals surface area contributed by atoms with Gasteiger partial charge in [-0.2, -0.15) is 0 Å². The molecule has 2 unspecified atom stereocenters. The lowest BCUT2D eigenvalue weighted by molar-refractivity contribution is 0.0168. The molecule has 1 aromatic rings. The van der Waals surface area contributed by atoms with E-state index in [1.54, 1.807) is 7.05 Å². The zero-order valence-corrected chi connectivity index (χ0v) is 16.4. The first-order valence-corrected chi connectivity index (χ1v) is 9.62. The Morgan fingerprint density at radius 1 is 1.38 bits per heavy atom. The molecule has 1 aromatic carbocycles. The molecule has 0 amide bonds. The number of para-hydroxylation sites is 1. The van der Waals surface area contributed by atoms with Crippen molar-refractivity contribution in [3.8, 4) is 5.75 Å². The first-order valence-electron chi connectivity index (χ1n) is 9.24. The largest absolute Gasteiger partial charge is 0.487 e. The van der Waals surface area contributed by atoms with Gasteiger partial charge in [-0.1, -0.05) is 23.7 Å². The molecule has 1 saturated heterocycles. The van der Waals surface area contributed by atoms with E-state index in [0.717, 1.165) is 45.0 Å². The summed E-state index contributed by atoms with van der Waals surface area (Å²) in [5, 5.41) is 7.14. The van der Waals surface area contributed by atoms with Gasteiger partial charge in [-0.25, -0.2) is 0 Å². The molecule has 0 aliphatic carbocycles. The monoisotopic (exact) mass is 383 g/mol. The van der Waals surface area contributed by atoms with Gasteiger partial charge < -0.3 is 24.8 Å². The number of aliphatic imine (C=N–C) groups is 1. The van der Waals surface area contributed by atoms with Gasteiger partial charge in [0.15, 0.2) is 5.96 Å². The Hall–Kier alpha value is -1.50. The van der Waals surface area contributed by atoms with Gasteiger partial charge in [0.05, 0.1) is 24.3 Å². The Kier molecular flexibility index (Phi) is 9.60.